The fourth-order valence-corrected chi connectivity index (χ4v) is 3.55. The van der Waals surface area contributed by atoms with Gasteiger partial charge in [0.25, 0.3) is 0 Å². The van der Waals surface area contributed by atoms with Crippen LogP contribution >= 0.6 is 0 Å². The normalized spacial score (nSPS) is 29.8. The molecular formula is C18H20N2O4. The van der Waals surface area contributed by atoms with Crippen LogP contribution in [0, 0.1) is 10.8 Å². The third kappa shape index (κ3) is 2.96. The maximum atomic E-state index is 12.0. The first-order valence-corrected chi connectivity index (χ1v) is 7.97. The van der Waals surface area contributed by atoms with Gasteiger partial charge in [-0.1, -0.05) is 24.3 Å². The number of rotatable bonds is 4. The van der Waals surface area contributed by atoms with E-state index in [1.807, 2.05) is 24.3 Å². The van der Waals surface area contributed by atoms with Crippen LogP contribution in [0.2, 0.25) is 0 Å². The number of hydrogen-bond acceptors (Lipinski definition) is 4. The van der Waals surface area contributed by atoms with Crippen LogP contribution < -0.4 is 10.6 Å². The van der Waals surface area contributed by atoms with Crippen LogP contribution in [-0.4, -0.2) is 23.6 Å². The molecule has 4 amide bonds. The predicted octanol–water partition coefficient (Wildman–Crippen LogP) is 0.877. The van der Waals surface area contributed by atoms with Crippen molar-refractivity contribution in [3.8, 4) is 0 Å². The van der Waals surface area contributed by atoms with Crippen LogP contribution in [0.25, 0.3) is 0 Å². The van der Waals surface area contributed by atoms with Gasteiger partial charge < -0.3 is 0 Å². The van der Waals surface area contributed by atoms with Gasteiger partial charge in [-0.05, 0) is 37.8 Å². The number of benzene rings is 1. The summed E-state index contributed by atoms with van der Waals surface area (Å²) >= 11 is 0. The van der Waals surface area contributed by atoms with E-state index in [1.165, 1.54) is 0 Å². The molecule has 2 aliphatic rings. The molecule has 2 heterocycles. The van der Waals surface area contributed by atoms with Crippen molar-refractivity contribution in [1.29, 1.82) is 0 Å². The Balaban J connectivity index is 1.78. The van der Waals surface area contributed by atoms with Crippen LogP contribution in [0.1, 0.15) is 37.8 Å². The molecule has 2 fully saturated rings. The van der Waals surface area contributed by atoms with Crippen LogP contribution in [-0.2, 0) is 32.0 Å². The van der Waals surface area contributed by atoms with Crippen LogP contribution in [0.4, 0.5) is 0 Å². The maximum absolute atomic E-state index is 12.0. The molecule has 2 unspecified atom stereocenters. The summed E-state index contributed by atoms with van der Waals surface area (Å²) in [6.07, 6.45) is 1.29. The lowest BCUT2D eigenvalue weighted by atomic mass is 9.79. The zero-order valence-corrected chi connectivity index (χ0v) is 13.8. The van der Waals surface area contributed by atoms with Crippen molar-refractivity contribution < 1.29 is 19.2 Å². The minimum atomic E-state index is -0.736. The molecule has 0 spiro atoms. The molecule has 2 aliphatic heterocycles. The van der Waals surface area contributed by atoms with Gasteiger partial charge >= 0.3 is 0 Å². The van der Waals surface area contributed by atoms with E-state index in [-0.39, 0.29) is 36.5 Å². The molecule has 1 aromatic carbocycles. The van der Waals surface area contributed by atoms with Crippen LogP contribution in [0.15, 0.2) is 24.3 Å². The standard InChI is InChI=1S/C18H20N2O4/c1-17(9-13(21)19-15(17)23)7-11-4-3-5-12(6-11)8-18(2)10-14(22)20-16(18)24/h3-6H,7-10H2,1-2H3,(H,19,21,23)(H,20,22,24). The van der Waals surface area contributed by atoms with Crippen molar-refractivity contribution in [2.45, 2.75) is 39.5 Å². The molecule has 2 saturated heterocycles. The Kier molecular flexibility index (Phi) is 3.78. The molecule has 24 heavy (non-hydrogen) atoms. The Labute approximate surface area is 140 Å². The van der Waals surface area contributed by atoms with Crippen molar-refractivity contribution in [2.24, 2.45) is 10.8 Å². The lowest BCUT2D eigenvalue weighted by Crippen LogP contribution is -2.31. The van der Waals surface area contributed by atoms with Gasteiger partial charge in [-0.2, -0.15) is 0 Å². The molecule has 0 aromatic heterocycles. The molecular weight excluding hydrogens is 308 g/mol. The molecule has 0 aliphatic carbocycles. The summed E-state index contributed by atoms with van der Waals surface area (Å²) in [5.74, 6) is -0.976. The summed E-state index contributed by atoms with van der Waals surface area (Å²) < 4.78 is 0. The topological polar surface area (TPSA) is 92.3 Å². The maximum Gasteiger partial charge on any atom is 0.233 e. The molecule has 0 bridgehead atoms. The summed E-state index contributed by atoms with van der Waals surface area (Å²) in [5, 5.41) is 4.70. The second-order valence-electron chi connectivity index (χ2n) is 7.40. The summed E-state index contributed by atoms with van der Waals surface area (Å²) in [7, 11) is 0. The van der Waals surface area contributed by atoms with Gasteiger partial charge in [-0.3, -0.25) is 29.8 Å². The van der Waals surface area contributed by atoms with Crippen molar-refractivity contribution in [3.05, 3.63) is 35.4 Å². The molecule has 6 nitrogen and oxygen atoms in total. The Bertz CT molecular complexity index is 698. The lowest BCUT2D eigenvalue weighted by molar-refractivity contribution is -0.129. The van der Waals surface area contributed by atoms with Crippen LogP contribution in [0.3, 0.4) is 0 Å². The van der Waals surface area contributed by atoms with Crippen molar-refractivity contribution in [1.82, 2.24) is 10.6 Å². The van der Waals surface area contributed by atoms with E-state index in [1.54, 1.807) is 13.8 Å². The lowest BCUT2D eigenvalue weighted by Gasteiger charge is -2.22. The second kappa shape index (κ2) is 5.54. The minimum absolute atomic E-state index is 0.185. The van der Waals surface area contributed by atoms with Crippen molar-refractivity contribution in [2.75, 3.05) is 0 Å². The third-order valence-corrected chi connectivity index (χ3v) is 4.88. The van der Waals surface area contributed by atoms with Gasteiger partial charge in [-0.15, -0.1) is 0 Å². The molecule has 2 N–H and O–H groups in total. The van der Waals surface area contributed by atoms with E-state index >= 15 is 0 Å². The first-order chi connectivity index (χ1) is 11.2. The van der Waals surface area contributed by atoms with E-state index in [0.29, 0.717) is 12.8 Å². The highest BCUT2D eigenvalue weighted by atomic mass is 16.2. The molecule has 126 valence electrons. The zero-order valence-electron chi connectivity index (χ0n) is 13.8. The first kappa shape index (κ1) is 16.4. The van der Waals surface area contributed by atoms with E-state index in [2.05, 4.69) is 10.6 Å². The molecule has 0 saturated carbocycles. The van der Waals surface area contributed by atoms with E-state index in [9.17, 15) is 19.2 Å². The summed E-state index contributed by atoms with van der Waals surface area (Å²) in [6, 6.07) is 7.64. The van der Waals surface area contributed by atoms with E-state index in [0.717, 1.165) is 11.1 Å². The predicted molar refractivity (Wildman–Crippen MR) is 85.6 cm³/mol. The summed E-state index contributed by atoms with van der Waals surface area (Å²) in [4.78, 5) is 46.9. The highest BCUT2D eigenvalue weighted by molar-refractivity contribution is 6.06. The average molecular weight is 328 g/mol. The Hall–Kier alpha value is -2.50. The van der Waals surface area contributed by atoms with Gasteiger partial charge in [0, 0.05) is 12.8 Å². The minimum Gasteiger partial charge on any atom is -0.296 e. The number of hydrogen-bond donors (Lipinski definition) is 2. The van der Waals surface area contributed by atoms with Crippen molar-refractivity contribution in [3.63, 3.8) is 0 Å². The molecule has 0 radical (unpaired) electrons. The SMILES string of the molecule is CC1(Cc2cccc(CC3(C)CC(=O)NC3=O)c2)CC(=O)NC1=O. The number of amides is 4. The third-order valence-electron chi connectivity index (χ3n) is 4.88. The number of carbonyl (C=O) groups excluding carboxylic acids is 4. The molecule has 2 atom stereocenters. The molecule has 6 heteroatoms. The average Bonchev–Trinajstić information content (AvgIpc) is 2.85. The quantitative estimate of drug-likeness (QED) is 0.803. The fraction of sp³-hybridized carbons (Fsp3) is 0.444. The largest absolute Gasteiger partial charge is 0.296 e. The van der Waals surface area contributed by atoms with Gasteiger partial charge in [0.15, 0.2) is 0 Å². The molecule has 1 aromatic rings. The number of nitrogens with one attached hydrogen (secondary N) is 2. The van der Waals surface area contributed by atoms with Gasteiger partial charge in [0.05, 0.1) is 10.8 Å². The smallest absolute Gasteiger partial charge is 0.233 e. The van der Waals surface area contributed by atoms with E-state index in [4.69, 9.17) is 0 Å². The fourth-order valence-electron chi connectivity index (χ4n) is 3.55. The van der Waals surface area contributed by atoms with Gasteiger partial charge in [-0.25, -0.2) is 0 Å². The molecule has 3 rings (SSSR count). The van der Waals surface area contributed by atoms with E-state index < -0.39 is 10.8 Å². The Morgan fingerprint density at radius 1 is 0.833 bits per heavy atom. The first-order valence-electron chi connectivity index (χ1n) is 7.97. The zero-order chi connectivity index (χ0) is 17.5. The van der Waals surface area contributed by atoms with Crippen molar-refractivity contribution >= 4 is 23.6 Å². The summed E-state index contributed by atoms with van der Waals surface area (Å²) in [6.45, 7) is 3.56. The summed E-state index contributed by atoms with van der Waals surface area (Å²) in [5.41, 5.74) is 0.405. The number of imide groups is 2. The number of carbonyl (C=O) groups is 4. The van der Waals surface area contributed by atoms with Gasteiger partial charge in [0.1, 0.15) is 0 Å². The van der Waals surface area contributed by atoms with Gasteiger partial charge in [0.2, 0.25) is 23.6 Å². The monoisotopic (exact) mass is 328 g/mol. The Morgan fingerprint density at radius 2 is 1.25 bits per heavy atom. The highest BCUT2D eigenvalue weighted by Crippen LogP contribution is 2.34. The Morgan fingerprint density at radius 3 is 1.58 bits per heavy atom. The highest BCUT2D eigenvalue weighted by Gasteiger charge is 2.43. The second-order valence-corrected chi connectivity index (χ2v) is 7.40. The van der Waals surface area contributed by atoms with Crippen LogP contribution in [0.5, 0.6) is 0 Å².